The lowest BCUT2D eigenvalue weighted by Gasteiger charge is -1.98. The molecule has 50 valence electrons. The van der Waals surface area contributed by atoms with Crippen molar-refractivity contribution in [1.82, 2.24) is 0 Å². The topological polar surface area (TPSA) is 0 Å². The van der Waals surface area contributed by atoms with Gasteiger partial charge >= 0.3 is 0 Å². The van der Waals surface area contributed by atoms with Crippen molar-refractivity contribution in [1.29, 1.82) is 0 Å². The first-order chi connectivity index (χ1) is 3.06. The Morgan fingerprint density at radius 1 is 1.12 bits per heavy atom. The van der Waals surface area contributed by atoms with E-state index in [-0.39, 0.29) is 4.70 Å². The maximum Gasteiger partial charge on any atom is 0.210 e. The molecule has 0 aliphatic rings. The second kappa shape index (κ2) is 4.68. The molecule has 0 saturated heterocycles. The molecule has 0 spiro atoms. The first kappa shape index (κ1) is 11.6. The number of hydrogen-bond donors (Lipinski definition) is 0. The zero-order chi connectivity index (χ0) is 5.91. The van der Waals surface area contributed by atoms with E-state index in [2.05, 4.69) is 0 Å². The van der Waals surface area contributed by atoms with E-state index in [0.717, 1.165) is 5.54 Å². The van der Waals surface area contributed by atoms with Crippen LogP contribution >= 0.6 is 46.4 Å². The Kier molecular flexibility index (Phi) is 6.80. The van der Waals surface area contributed by atoms with Crippen molar-refractivity contribution in [3.05, 3.63) is 11.6 Å². The van der Waals surface area contributed by atoms with Crippen LogP contribution in [0, 0.1) is 0 Å². The van der Waals surface area contributed by atoms with Crippen molar-refractivity contribution in [3.63, 3.8) is 0 Å². The summed E-state index contributed by atoms with van der Waals surface area (Å²) < 4.78 is -1.35. The Balaban J connectivity index is 0. The number of rotatable bonds is 0. The van der Waals surface area contributed by atoms with Crippen LogP contribution in [0.25, 0.3) is 0 Å². The van der Waals surface area contributed by atoms with Gasteiger partial charge in [0.05, 0.1) is 0 Å². The predicted molar refractivity (Wildman–Crippen MR) is 37.8 cm³/mol. The van der Waals surface area contributed by atoms with E-state index in [1.807, 2.05) is 0 Å². The monoisotopic (exact) mass is 198 g/mol. The van der Waals surface area contributed by atoms with Crippen molar-refractivity contribution in [3.8, 4) is 0 Å². The fraction of sp³-hybridized carbons (Fsp3) is 0.333. The maximum atomic E-state index is 5.19. The highest BCUT2D eigenvalue weighted by Gasteiger charge is 2.12. The van der Waals surface area contributed by atoms with Gasteiger partial charge in [0.25, 0.3) is 0 Å². The van der Waals surface area contributed by atoms with E-state index >= 15 is 0 Å². The molecule has 0 rings (SSSR count). The van der Waals surface area contributed by atoms with Gasteiger partial charge in [-0.3, -0.25) is 4.70 Å². The molecule has 0 radical (unpaired) electrons. The van der Waals surface area contributed by atoms with E-state index in [0.29, 0.717) is 0 Å². The summed E-state index contributed by atoms with van der Waals surface area (Å²) >= 11 is 20.6. The van der Waals surface area contributed by atoms with Gasteiger partial charge in [0.15, 0.2) is 0 Å². The lowest BCUT2D eigenvalue weighted by Crippen LogP contribution is -1.92. The molecular formula is C3H3Cl4F. The SMILES string of the molecule is ClC=CC(Cl)(Cl)Cl.F. The summed E-state index contributed by atoms with van der Waals surface area (Å²) in [6.07, 6.45) is 1.25. The summed E-state index contributed by atoms with van der Waals surface area (Å²) in [4.78, 5) is 0. The van der Waals surface area contributed by atoms with Crippen LogP contribution < -0.4 is 0 Å². The zero-order valence-electron chi connectivity index (χ0n) is 3.57. The molecule has 0 aliphatic heterocycles. The number of halogens is 5. The molecule has 0 heterocycles. The maximum absolute atomic E-state index is 5.19. The highest BCUT2D eigenvalue weighted by Crippen LogP contribution is 2.27. The normalized spacial score (nSPS) is 11.5. The third-order valence-corrected chi connectivity index (χ3v) is 0.756. The average Bonchev–Trinajstić information content (AvgIpc) is 1.30. The van der Waals surface area contributed by atoms with Crippen LogP contribution in [-0.2, 0) is 0 Å². The molecule has 0 fully saturated rings. The molecule has 0 saturated carbocycles. The molecule has 5 heteroatoms. The van der Waals surface area contributed by atoms with E-state index in [9.17, 15) is 0 Å². The van der Waals surface area contributed by atoms with Crippen LogP contribution in [0.5, 0.6) is 0 Å². The molecule has 8 heavy (non-hydrogen) atoms. The third-order valence-electron chi connectivity index (χ3n) is 0.252. The Morgan fingerprint density at radius 2 is 1.50 bits per heavy atom. The molecule has 0 nitrogen and oxygen atoms in total. The summed E-state index contributed by atoms with van der Waals surface area (Å²) in [5, 5.41) is 0. The van der Waals surface area contributed by atoms with Crippen LogP contribution in [0.3, 0.4) is 0 Å². The van der Waals surface area contributed by atoms with Gasteiger partial charge < -0.3 is 0 Å². The first-order valence-electron chi connectivity index (χ1n) is 1.41. The smallest absolute Gasteiger partial charge is 0.210 e. The second-order valence-corrected chi connectivity index (χ2v) is 3.46. The number of alkyl halides is 3. The van der Waals surface area contributed by atoms with Crippen LogP contribution in [0.15, 0.2) is 11.6 Å². The lowest BCUT2D eigenvalue weighted by atomic mass is 10.7. The summed E-state index contributed by atoms with van der Waals surface area (Å²) in [7, 11) is 0. The lowest BCUT2D eigenvalue weighted by molar-refractivity contribution is 1.11. The summed E-state index contributed by atoms with van der Waals surface area (Å²) in [5.74, 6) is 0. The van der Waals surface area contributed by atoms with Gasteiger partial charge in [-0.1, -0.05) is 46.4 Å². The van der Waals surface area contributed by atoms with Gasteiger partial charge in [0, 0.05) is 5.54 Å². The largest absolute Gasteiger partial charge is 0.269 e. The summed E-state index contributed by atoms with van der Waals surface area (Å²) in [5.41, 5.74) is 1.16. The number of hydrogen-bond acceptors (Lipinski definition) is 0. The van der Waals surface area contributed by atoms with Gasteiger partial charge in [0.2, 0.25) is 3.79 Å². The van der Waals surface area contributed by atoms with Crippen molar-refractivity contribution in [2.45, 2.75) is 3.79 Å². The van der Waals surface area contributed by atoms with E-state index in [1.54, 1.807) is 0 Å². The minimum atomic E-state index is -1.35. The van der Waals surface area contributed by atoms with Crippen molar-refractivity contribution < 1.29 is 4.70 Å². The second-order valence-electron chi connectivity index (χ2n) is 0.834. The Labute approximate surface area is 66.7 Å². The summed E-state index contributed by atoms with van der Waals surface area (Å²) in [6, 6.07) is 0. The standard InChI is InChI=1S/C3H2Cl4.FH/c4-2-1-3(5,6)7;/h1-2H;1H. The molecule has 0 bridgehead atoms. The van der Waals surface area contributed by atoms with Gasteiger partial charge in [-0.2, -0.15) is 0 Å². The Morgan fingerprint density at radius 3 is 1.50 bits per heavy atom. The molecule has 0 aromatic carbocycles. The van der Waals surface area contributed by atoms with Crippen LogP contribution in [0.1, 0.15) is 0 Å². The Hall–Kier alpha value is 0.830. The molecule has 0 atom stereocenters. The molecule has 0 aliphatic carbocycles. The fourth-order valence-corrected chi connectivity index (χ4v) is 0.643. The third kappa shape index (κ3) is 9.95. The Bertz CT molecular complexity index is 73.8. The highest BCUT2D eigenvalue weighted by molar-refractivity contribution is 6.69. The van der Waals surface area contributed by atoms with Crippen LogP contribution in [-0.4, -0.2) is 3.79 Å². The fourth-order valence-electron chi connectivity index (χ4n) is 0.0714. The van der Waals surface area contributed by atoms with Crippen molar-refractivity contribution >= 4 is 46.4 Å². The van der Waals surface area contributed by atoms with Gasteiger partial charge in [-0.05, 0) is 6.08 Å². The quantitative estimate of drug-likeness (QED) is 0.526. The molecule has 0 unspecified atom stereocenters. The minimum Gasteiger partial charge on any atom is -0.269 e. The predicted octanol–water partition coefficient (Wildman–Crippen LogP) is 3.26. The highest BCUT2D eigenvalue weighted by atomic mass is 35.6. The first-order valence-corrected chi connectivity index (χ1v) is 2.98. The van der Waals surface area contributed by atoms with Crippen molar-refractivity contribution in [2.75, 3.05) is 0 Å². The zero-order valence-corrected chi connectivity index (χ0v) is 6.60. The van der Waals surface area contributed by atoms with Gasteiger partial charge in [-0.25, -0.2) is 0 Å². The molecule has 0 N–H and O–H groups in total. The average molecular weight is 200 g/mol. The molecule has 0 amide bonds. The van der Waals surface area contributed by atoms with Crippen LogP contribution in [0.2, 0.25) is 0 Å². The van der Waals surface area contributed by atoms with Crippen molar-refractivity contribution in [2.24, 2.45) is 0 Å². The van der Waals surface area contributed by atoms with E-state index < -0.39 is 3.79 Å². The molecular weight excluding hydrogens is 197 g/mol. The minimum absolute atomic E-state index is 0. The molecule has 0 aromatic heterocycles. The van der Waals surface area contributed by atoms with E-state index in [1.165, 1.54) is 6.08 Å². The van der Waals surface area contributed by atoms with Crippen LogP contribution in [0.4, 0.5) is 4.70 Å². The van der Waals surface area contributed by atoms with Gasteiger partial charge in [0.1, 0.15) is 0 Å². The van der Waals surface area contributed by atoms with E-state index in [4.69, 9.17) is 46.4 Å². The molecule has 0 aromatic rings. The summed E-state index contributed by atoms with van der Waals surface area (Å²) in [6.45, 7) is 0. The van der Waals surface area contributed by atoms with Gasteiger partial charge in [-0.15, -0.1) is 0 Å². The number of allylic oxidation sites excluding steroid dienone is 1.